The van der Waals surface area contributed by atoms with E-state index in [0.717, 1.165) is 23.1 Å². The van der Waals surface area contributed by atoms with Gasteiger partial charge in [-0.3, -0.25) is 0 Å². The minimum Gasteiger partial charge on any atom is -0.497 e. The predicted molar refractivity (Wildman–Crippen MR) is 109 cm³/mol. The van der Waals surface area contributed by atoms with Gasteiger partial charge < -0.3 is 4.74 Å². The van der Waals surface area contributed by atoms with E-state index in [1.54, 1.807) is 7.11 Å². The average molecular weight is 337 g/mol. The molecule has 1 aliphatic carbocycles. The predicted octanol–water partition coefficient (Wildman–Crippen LogP) is 6.65. The van der Waals surface area contributed by atoms with Gasteiger partial charge in [-0.25, -0.2) is 0 Å². The zero-order valence-electron chi connectivity index (χ0n) is 15.8. The third kappa shape index (κ3) is 7.65. The zero-order chi connectivity index (χ0) is 17.7. The SMILES string of the molecule is CCCCCC1CCC(/C=C/C#C/C=C/c2ccc(OC)cc2)CC1. The lowest BCUT2D eigenvalue weighted by molar-refractivity contribution is 0.289. The largest absolute Gasteiger partial charge is 0.497 e. The van der Waals surface area contributed by atoms with Crippen molar-refractivity contribution < 1.29 is 4.74 Å². The summed E-state index contributed by atoms with van der Waals surface area (Å²) in [4.78, 5) is 0. The number of hydrogen-bond donors (Lipinski definition) is 0. The van der Waals surface area contributed by atoms with Crippen LogP contribution in [0.2, 0.25) is 0 Å². The maximum atomic E-state index is 5.15. The summed E-state index contributed by atoms with van der Waals surface area (Å²) < 4.78 is 5.15. The molecule has 1 heteroatoms. The standard InChI is InChI=1S/C24H32O/c1-3-4-7-10-21-13-15-22(16-14-21)11-8-5-6-9-12-23-17-19-24(25-2)20-18-23/h8-9,11-12,17-22H,3-4,7,10,13-16H2,1-2H3/b11-8+,12-9+. The number of allylic oxidation sites excluding steroid dienone is 3. The third-order valence-electron chi connectivity index (χ3n) is 5.12. The number of methoxy groups -OCH3 is 1. The molecule has 25 heavy (non-hydrogen) atoms. The highest BCUT2D eigenvalue weighted by atomic mass is 16.5. The van der Waals surface area contributed by atoms with Gasteiger partial charge in [0.05, 0.1) is 7.11 Å². The number of hydrogen-bond acceptors (Lipinski definition) is 1. The molecule has 1 aromatic carbocycles. The second-order valence-corrected chi connectivity index (χ2v) is 7.03. The molecule has 0 aromatic heterocycles. The van der Waals surface area contributed by atoms with E-state index in [9.17, 15) is 0 Å². The smallest absolute Gasteiger partial charge is 0.118 e. The molecule has 1 aromatic rings. The van der Waals surface area contributed by atoms with Crippen molar-refractivity contribution in [1.82, 2.24) is 0 Å². The molecule has 1 aliphatic rings. The first-order valence-electron chi connectivity index (χ1n) is 9.80. The Kier molecular flexibility index (Phi) is 8.98. The van der Waals surface area contributed by atoms with E-state index in [2.05, 4.69) is 24.8 Å². The molecule has 0 heterocycles. The number of unbranched alkanes of at least 4 members (excludes halogenated alkanes) is 2. The van der Waals surface area contributed by atoms with Crippen LogP contribution in [-0.4, -0.2) is 7.11 Å². The van der Waals surface area contributed by atoms with Gasteiger partial charge in [-0.05, 0) is 73.4 Å². The highest BCUT2D eigenvalue weighted by molar-refractivity contribution is 5.54. The van der Waals surface area contributed by atoms with E-state index in [1.807, 2.05) is 42.5 Å². The molecule has 0 aliphatic heterocycles. The molecule has 2 rings (SSSR count). The van der Waals surface area contributed by atoms with E-state index >= 15 is 0 Å². The van der Waals surface area contributed by atoms with E-state index in [4.69, 9.17) is 4.74 Å². The fourth-order valence-corrected chi connectivity index (χ4v) is 3.49. The molecule has 0 N–H and O–H groups in total. The highest BCUT2D eigenvalue weighted by Gasteiger charge is 2.18. The van der Waals surface area contributed by atoms with Crippen molar-refractivity contribution in [2.24, 2.45) is 11.8 Å². The van der Waals surface area contributed by atoms with Gasteiger partial charge in [-0.1, -0.05) is 62.7 Å². The number of benzene rings is 1. The Hall–Kier alpha value is -1.94. The molecule has 0 atom stereocenters. The van der Waals surface area contributed by atoms with E-state index in [1.165, 1.54) is 51.4 Å². The molecular formula is C24H32O. The summed E-state index contributed by atoms with van der Waals surface area (Å²) >= 11 is 0. The maximum Gasteiger partial charge on any atom is 0.118 e. The summed E-state index contributed by atoms with van der Waals surface area (Å²) in [7, 11) is 1.68. The Bertz CT molecular complexity index is 589. The molecule has 0 unspecified atom stereocenters. The summed E-state index contributed by atoms with van der Waals surface area (Å²) in [6.45, 7) is 2.29. The van der Waals surface area contributed by atoms with Crippen LogP contribution in [0.4, 0.5) is 0 Å². The monoisotopic (exact) mass is 336 g/mol. The van der Waals surface area contributed by atoms with Gasteiger partial charge in [0.25, 0.3) is 0 Å². The summed E-state index contributed by atoms with van der Waals surface area (Å²) in [6.07, 6.45) is 19.4. The second kappa shape index (κ2) is 11.6. The normalized spacial score (nSPS) is 20.6. The first kappa shape index (κ1) is 19.4. The fourth-order valence-electron chi connectivity index (χ4n) is 3.49. The van der Waals surface area contributed by atoms with Crippen molar-refractivity contribution in [3.05, 3.63) is 48.1 Å². The van der Waals surface area contributed by atoms with Crippen LogP contribution in [-0.2, 0) is 0 Å². The minimum atomic E-state index is 0.738. The lowest BCUT2D eigenvalue weighted by Crippen LogP contribution is -2.12. The Morgan fingerprint density at radius 3 is 2.40 bits per heavy atom. The lowest BCUT2D eigenvalue weighted by Gasteiger charge is -2.26. The Morgan fingerprint density at radius 2 is 1.72 bits per heavy atom. The van der Waals surface area contributed by atoms with Crippen LogP contribution in [0.5, 0.6) is 5.75 Å². The number of rotatable bonds is 7. The summed E-state index contributed by atoms with van der Waals surface area (Å²) in [5.74, 6) is 8.83. The quantitative estimate of drug-likeness (QED) is 0.400. The van der Waals surface area contributed by atoms with Gasteiger partial charge in [0, 0.05) is 0 Å². The summed E-state index contributed by atoms with van der Waals surface area (Å²) in [6, 6.07) is 7.99. The fraction of sp³-hybridized carbons (Fsp3) is 0.500. The van der Waals surface area contributed by atoms with Crippen molar-refractivity contribution in [2.75, 3.05) is 7.11 Å². The Morgan fingerprint density at radius 1 is 1.00 bits per heavy atom. The summed E-state index contributed by atoms with van der Waals surface area (Å²) in [5, 5.41) is 0. The highest BCUT2D eigenvalue weighted by Crippen LogP contribution is 2.32. The molecule has 0 amide bonds. The van der Waals surface area contributed by atoms with Gasteiger partial charge in [0.2, 0.25) is 0 Å². The molecule has 0 bridgehead atoms. The zero-order valence-corrected chi connectivity index (χ0v) is 15.8. The second-order valence-electron chi connectivity index (χ2n) is 7.03. The molecule has 134 valence electrons. The molecule has 1 saturated carbocycles. The van der Waals surface area contributed by atoms with Gasteiger partial charge in [-0.15, -0.1) is 0 Å². The topological polar surface area (TPSA) is 9.23 Å². The number of ether oxygens (including phenoxy) is 1. The van der Waals surface area contributed by atoms with Crippen LogP contribution in [0.1, 0.15) is 63.9 Å². The summed E-state index contributed by atoms with van der Waals surface area (Å²) in [5.41, 5.74) is 1.14. The lowest BCUT2D eigenvalue weighted by atomic mass is 9.79. The molecule has 0 radical (unpaired) electrons. The van der Waals surface area contributed by atoms with Crippen molar-refractivity contribution in [1.29, 1.82) is 0 Å². The molecule has 0 spiro atoms. The Balaban J connectivity index is 1.68. The minimum absolute atomic E-state index is 0.738. The van der Waals surface area contributed by atoms with Crippen molar-refractivity contribution >= 4 is 6.08 Å². The molecule has 1 nitrogen and oxygen atoms in total. The average Bonchev–Trinajstić information content (AvgIpc) is 2.66. The van der Waals surface area contributed by atoms with Crippen LogP contribution in [0.25, 0.3) is 6.08 Å². The van der Waals surface area contributed by atoms with E-state index in [-0.39, 0.29) is 0 Å². The first-order chi connectivity index (χ1) is 12.3. The van der Waals surface area contributed by atoms with Gasteiger partial charge in [-0.2, -0.15) is 0 Å². The van der Waals surface area contributed by atoms with Gasteiger partial charge >= 0.3 is 0 Å². The maximum absolute atomic E-state index is 5.15. The third-order valence-corrected chi connectivity index (χ3v) is 5.12. The van der Waals surface area contributed by atoms with Crippen LogP contribution < -0.4 is 4.74 Å². The van der Waals surface area contributed by atoms with Crippen LogP contribution in [0, 0.1) is 23.7 Å². The van der Waals surface area contributed by atoms with Crippen LogP contribution >= 0.6 is 0 Å². The van der Waals surface area contributed by atoms with Crippen LogP contribution in [0.3, 0.4) is 0 Å². The molecule has 0 saturated heterocycles. The van der Waals surface area contributed by atoms with Crippen molar-refractivity contribution in [3.8, 4) is 17.6 Å². The van der Waals surface area contributed by atoms with Crippen molar-refractivity contribution in [3.63, 3.8) is 0 Å². The first-order valence-corrected chi connectivity index (χ1v) is 9.80. The van der Waals surface area contributed by atoms with E-state index < -0.39 is 0 Å². The van der Waals surface area contributed by atoms with Crippen LogP contribution in [0.15, 0.2) is 42.5 Å². The molecule has 1 fully saturated rings. The van der Waals surface area contributed by atoms with E-state index in [0.29, 0.717) is 0 Å². The van der Waals surface area contributed by atoms with Crippen molar-refractivity contribution in [2.45, 2.75) is 58.3 Å². The van der Waals surface area contributed by atoms with Gasteiger partial charge in [0.1, 0.15) is 5.75 Å². The molecular weight excluding hydrogens is 304 g/mol. The van der Waals surface area contributed by atoms with Gasteiger partial charge in [0.15, 0.2) is 0 Å². The Labute approximate surface area is 154 Å².